The Hall–Kier alpha value is -5.88. The van der Waals surface area contributed by atoms with Crippen LogP contribution < -0.4 is 41.3 Å². The van der Waals surface area contributed by atoms with Crippen molar-refractivity contribution in [3.63, 3.8) is 0 Å². The van der Waals surface area contributed by atoms with Gasteiger partial charge in [0.15, 0.2) is 0 Å². The van der Waals surface area contributed by atoms with Crippen LogP contribution in [-0.2, 0) is 0 Å². The maximum atomic E-state index is 10.8. The van der Waals surface area contributed by atoms with E-state index in [2.05, 4.69) is 223 Å². The second-order valence-electron chi connectivity index (χ2n) is 18.3. The second-order valence-corrected chi connectivity index (χ2v) is 36.4. The van der Waals surface area contributed by atoms with Crippen LogP contribution in [0.2, 0.25) is 0 Å². The first-order valence-electron chi connectivity index (χ1n) is 25.0. The van der Waals surface area contributed by atoms with Crippen molar-refractivity contribution >= 4 is 85.8 Å². The summed E-state index contributed by atoms with van der Waals surface area (Å²) in [7, 11) is 0. The van der Waals surface area contributed by atoms with Crippen LogP contribution in [0.5, 0.6) is 23.0 Å². The molecule has 0 atom stereocenters. The molecule has 6 nitrogen and oxygen atoms in total. The van der Waals surface area contributed by atoms with Crippen LogP contribution in [0.3, 0.4) is 0 Å². The minimum atomic E-state index is -2.92. The topological polar surface area (TPSA) is 83.6 Å². The molecule has 10 heteroatoms. The quantitative estimate of drug-likeness (QED) is 0.0258. The monoisotopic (exact) mass is 1120 g/mol. The Balaban J connectivity index is 0.769. The van der Waals surface area contributed by atoms with Gasteiger partial charge in [0.2, 0.25) is 0 Å². The molecule has 0 aliphatic heterocycles. The molecule has 0 amide bonds. The van der Waals surface area contributed by atoms with Gasteiger partial charge in [-0.1, -0.05) is 0 Å². The molecule has 0 radical (unpaired) electrons. The number of phenols is 2. The number of unbranched alkanes of at least 4 members (excludes halogenated alkanes) is 6. The van der Waals surface area contributed by atoms with E-state index in [0.717, 1.165) is 63.7 Å². The van der Waals surface area contributed by atoms with Gasteiger partial charge in [-0.2, -0.15) is 10.2 Å². The first-order valence-corrected chi connectivity index (χ1v) is 33.9. The van der Waals surface area contributed by atoms with Gasteiger partial charge in [-0.3, -0.25) is 0 Å². The molecule has 0 bridgehead atoms. The van der Waals surface area contributed by atoms with Crippen LogP contribution in [0.1, 0.15) is 62.5 Å². The predicted octanol–water partition coefficient (Wildman–Crippen LogP) is 14.1. The van der Waals surface area contributed by atoms with E-state index in [1.165, 1.54) is 44.3 Å². The summed E-state index contributed by atoms with van der Waals surface area (Å²) < 4.78 is 12.1. The van der Waals surface area contributed by atoms with Gasteiger partial charge in [-0.25, -0.2) is 0 Å². The van der Waals surface area contributed by atoms with Crippen molar-refractivity contribution < 1.29 is 19.7 Å². The summed E-state index contributed by atoms with van der Waals surface area (Å²) in [6.07, 6.45) is 13.1. The Bertz CT molecular complexity index is 2600. The third-order valence-corrected chi connectivity index (χ3v) is 33.8. The van der Waals surface area contributed by atoms with Crippen LogP contribution in [-0.4, -0.2) is 48.2 Å². The van der Waals surface area contributed by atoms with Crippen molar-refractivity contribution in [3.8, 4) is 23.0 Å². The van der Waals surface area contributed by atoms with E-state index in [9.17, 15) is 10.2 Å². The molecule has 8 aromatic carbocycles. The van der Waals surface area contributed by atoms with Gasteiger partial charge in [0.25, 0.3) is 0 Å². The second kappa shape index (κ2) is 24.7. The van der Waals surface area contributed by atoms with E-state index in [-0.39, 0.29) is 11.5 Å². The molecule has 0 heterocycles. The summed E-state index contributed by atoms with van der Waals surface area (Å²) in [5.41, 5.74) is 1.02. The molecular formula is C62H64Br2N2O4P2. The van der Waals surface area contributed by atoms with Gasteiger partial charge in [0.1, 0.15) is 0 Å². The molecule has 0 spiro atoms. The number of phenolic OH excluding ortho intramolecular Hbond substituents is 2. The fourth-order valence-electron chi connectivity index (χ4n) is 9.85. The Kier molecular flexibility index (Phi) is 18.0. The summed E-state index contributed by atoms with van der Waals surface area (Å²) >= 11 is 9.12. The van der Waals surface area contributed by atoms with Crippen molar-refractivity contribution in [3.05, 3.63) is 230 Å². The number of halogens is 2. The first-order chi connectivity index (χ1) is 35.2. The molecule has 72 heavy (non-hydrogen) atoms. The molecular weight excluding hydrogens is 1060 g/mol. The summed E-state index contributed by atoms with van der Waals surface area (Å²) in [5, 5.41) is 32.0. The molecule has 0 saturated heterocycles. The van der Waals surface area contributed by atoms with Gasteiger partial charge in [-0.15, -0.1) is 0 Å². The molecule has 0 aromatic heterocycles. The average Bonchev–Trinajstić information content (AvgIpc) is 3.44. The van der Waals surface area contributed by atoms with Crippen molar-refractivity contribution in [1.82, 2.24) is 0 Å². The van der Waals surface area contributed by atoms with Crippen LogP contribution >= 0.6 is 41.6 Å². The van der Waals surface area contributed by atoms with E-state index < -0.39 is 10.6 Å². The molecule has 370 valence electrons. The van der Waals surface area contributed by atoms with E-state index in [4.69, 9.17) is 9.47 Å². The molecule has 8 rings (SSSR count). The Morgan fingerprint density at radius 3 is 0.875 bits per heavy atom. The summed E-state index contributed by atoms with van der Waals surface area (Å²) in [5.74, 6) is 1.31. The zero-order valence-corrected chi connectivity index (χ0v) is 45.6. The van der Waals surface area contributed by atoms with Crippen molar-refractivity contribution in [2.24, 2.45) is 10.2 Å². The number of rotatable bonds is 25. The van der Waals surface area contributed by atoms with Gasteiger partial charge in [0, 0.05) is 0 Å². The molecule has 0 fully saturated rings. The van der Waals surface area contributed by atoms with Crippen molar-refractivity contribution in [1.29, 1.82) is 0 Å². The number of hydrogen-bond donors (Lipinski definition) is 2. The SMILES string of the molecule is Oc1cc(OCCCCCCP(Br)(c2ccccc2)(c2ccccc2)c2ccccc2)ccc1/C=N/N=C/c1ccc(OCCCCCCP(Br)(c2ccccc2)(c2ccccc2)c2ccccc2)cc1O. The summed E-state index contributed by atoms with van der Waals surface area (Å²) in [6.45, 7) is 1.11. The van der Waals surface area contributed by atoms with E-state index in [1.807, 2.05) is 12.1 Å². The summed E-state index contributed by atoms with van der Waals surface area (Å²) in [4.78, 5) is 0. The molecule has 0 aliphatic carbocycles. The normalized spacial score (nSPS) is 13.0. The van der Waals surface area contributed by atoms with Crippen LogP contribution in [0, 0.1) is 0 Å². The van der Waals surface area contributed by atoms with E-state index in [0.29, 0.717) is 35.8 Å². The number of aromatic hydroxyl groups is 2. The van der Waals surface area contributed by atoms with Crippen LogP contribution in [0.4, 0.5) is 0 Å². The summed E-state index contributed by atoms with van der Waals surface area (Å²) in [6, 6.07) is 76.0. The first kappa shape index (κ1) is 52.4. The number of hydrogen-bond acceptors (Lipinski definition) is 6. The fraction of sp³-hybridized carbons (Fsp3) is 0.194. The molecule has 0 aliphatic rings. The average molecular weight is 1120 g/mol. The predicted molar refractivity (Wildman–Crippen MR) is 317 cm³/mol. The number of nitrogens with zero attached hydrogens (tertiary/aromatic N) is 2. The Morgan fingerprint density at radius 1 is 0.347 bits per heavy atom. The third-order valence-electron chi connectivity index (χ3n) is 13.7. The van der Waals surface area contributed by atoms with Crippen molar-refractivity contribution in [2.75, 3.05) is 25.5 Å². The zero-order valence-electron chi connectivity index (χ0n) is 40.7. The van der Waals surface area contributed by atoms with Gasteiger partial charge < -0.3 is 0 Å². The maximum absolute atomic E-state index is 10.8. The van der Waals surface area contributed by atoms with E-state index >= 15 is 0 Å². The number of ether oxygens (including phenoxy) is 2. The number of benzene rings is 8. The van der Waals surface area contributed by atoms with Gasteiger partial charge in [-0.05, 0) is 0 Å². The standard InChI is InChI=1S/C62H64Br2N2O4P2/c63-71(55-27-11-5-12-28-55,56-29-13-6-14-30-56,57-31-15-7-16-32-57)45-25-3-1-23-43-69-53-41-39-51(61(67)47-53)49-65-66-50-52-40-42-54(48-62(52)68)70-44-24-2-4-26-46-72(64,58-33-17-8-18-34-58,59-35-19-9-20-36-59)60-37-21-10-22-38-60/h5-22,27-42,47-50,67-68H,1-4,23-26,43-46H2/b65-49+,66-50+. The minimum absolute atomic E-state index is 0.0515. The van der Waals surface area contributed by atoms with Crippen molar-refractivity contribution in [2.45, 2.75) is 51.4 Å². The van der Waals surface area contributed by atoms with E-state index in [1.54, 1.807) is 24.3 Å². The van der Waals surface area contributed by atoms with Gasteiger partial charge in [0.05, 0.1) is 0 Å². The molecule has 2 N–H and O–H groups in total. The molecule has 8 aromatic rings. The zero-order chi connectivity index (χ0) is 50.0. The Labute approximate surface area is 442 Å². The third kappa shape index (κ3) is 11.8. The van der Waals surface area contributed by atoms with Crippen LogP contribution in [0.25, 0.3) is 0 Å². The van der Waals surface area contributed by atoms with Crippen LogP contribution in [0.15, 0.2) is 229 Å². The van der Waals surface area contributed by atoms with Gasteiger partial charge >= 0.3 is 435 Å². The molecule has 0 unspecified atom stereocenters. The Morgan fingerprint density at radius 2 is 0.611 bits per heavy atom. The fourth-order valence-corrected chi connectivity index (χ4v) is 25.3. The molecule has 0 saturated carbocycles.